The molecule has 0 saturated carbocycles. The van der Waals surface area contributed by atoms with Gasteiger partial charge >= 0.3 is 0 Å². The molecule has 138 valence electrons. The summed E-state index contributed by atoms with van der Waals surface area (Å²) in [6.07, 6.45) is 0.963. The predicted octanol–water partition coefficient (Wildman–Crippen LogP) is 4.65. The number of nitrogens with one attached hydrogen (secondary N) is 2. The molecule has 2 N–H and O–H groups in total. The number of ether oxygens (including phenoxy) is 2. The van der Waals surface area contributed by atoms with E-state index in [1.165, 1.54) is 7.11 Å². The molecule has 7 heteroatoms. The summed E-state index contributed by atoms with van der Waals surface area (Å²) in [6.45, 7) is 4.02. The molecule has 0 aliphatic carbocycles. The van der Waals surface area contributed by atoms with E-state index in [4.69, 9.17) is 33.3 Å². The fourth-order valence-corrected chi connectivity index (χ4v) is 2.58. The number of hydrogen-bond acceptors (Lipinski definition) is 4. The van der Waals surface area contributed by atoms with Gasteiger partial charge in [-0.15, -0.1) is 0 Å². The second-order valence-electron chi connectivity index (χ2n) is 5.62. The lowest BCUT2D eigenvalue weighted by molar-refractivity contribution is 0.0977. The molecule has 5 nitrogen and oxygen atoms in total. The highest BCUT2D eigenvalue weighted by molar-refractivity contribution is 7.80. The highest BCUT2D eigenvalue weighted by Crippen LogP contribution is 2.27. The van der Waals surface area contributed by atoms with Crippen LogP contribution in [0.4, 0.5) is 5.69 Å². The molecule has 0 radical (unpaired) electrons. The van der Waals surface area contributed by atoms with E-state index in [0.717, 1.165) is 6.42 Å². The van der Waals surface area contributed by atoms with Crippen molar-refractivity contribution in [3.8, 4) is 11.5 Å². The summed E-state index contributed by atoms with van der Waals surface area (Å²) in [5.41, 5.74) is 1.11. The van der Waals surface area contributed by atoms with Crippen LogP contribution >= 0.6 is 23.8 Å². The SMILES string of the molecule is CCC(C)Oc1cccc(C(=O)NC(=S)Nc2ccc(OC)c(Cl)c2)c1. The van der Waals surface area contributed by atoms with Gasteiger partial charge in [0.05, 0.1) is 18.2 Å². The molecule has 2 aromatic rings. The third-order valence-electron chi connectivity index (χ3n) is 3.65. The Morgan fingerprint density at radius 3 is 2.69 bits per heavy atom. The Morgan fingerprint density at radius 1 is 1.27 bits per heavy atom. The zero-order chi connectivity index (χ0) is 19.1. The lowest BCUT2D eigenvalue weighted by Gasteiger charge is -2.14. The van der Waals surface area contributed by atoms with E-state index in [1.807, 2.05) is 19.9 Å². The van der Waals surface area contributed by atoms with Crippen LogP contribution in [0.3, 0.4) is 0 Å². The molecule has 1 atom stereocenters. The molecule has 2 rings (SSSR count). The first-order valence-electron chi connectivity index (χ1n) is 8.15. The van der Waals surface area contributed by atoms with Crippen molar-refractivity contribution in [3.63, 3.8) is 0 Å². The lowest BCUT2D eigenvalue weighted by atomic mass is 10.2. The molecule has 1 unspecified atom stereocenters. The Hall–Kier alpha value is -2.31. The van der Waals surface area contributed by atoms with Gasteiger partial charge in [0.1, 0.15) is 11.5 Å². The van der Waals surface area contributed by atoms with Gasteiger partial charge in [-0.3, -0.25) is 10.1 Å². The van der Waals surface area contributed by atoms with Crippen LogP contribution in [0.15, 0.2) is 42.5 Å². The van der Waals surface area contributed by atoms with E-state index in [2.05, 4.69) is 10.6 Å². The maximum atomic E-state index is 12.4. The second kappa shape index (κ2) is 9.40. The summed E-state index contributed by atoms with van der Waals surface area (Å²) in [5, 5.41) is 6.17. The molecule has 0 saturated heterocycles. The highest BCUT2D eigenvalue weighted by Gasteiger charge is 2.11. The number of methoxy groups -OCH3 is 1. The minimum atomic E-state index is -0.322. The molecular weight excluding hydrogens is 372 g/mol. The molecule has 0 spiro atoms. The van der Waals surface area contributed by atoms with Gasteiger partial charge in [0.25, 0.3) is 5.91 Å². The van der Waals surface area contributed by atoms with Crippen LogP contribution < -0.4 is 20.1 Å². The van der Waals surface area contributed by atoms with Crippen molar-refractivity contribution in [1.29, 1.82) is 0 Å². The summed E-state index contributed by atoms with van der Waals surface area (Å²) >= 11 is 11.3. The molecule has 0 bridgehead atoms. The number of hydrogen-bond donors (Lipinski definition) is 2. The fraction of sp³-hybridized carbons (Fsp3) is 0.263. The molecule has 0 aliphatic heterocycles. The van der Waals surface area contributed by atoms with Crippen molar-refractivity contribution >= 4 is 40.5 Å². The Labute approximate surface area is 163 Å². The third kappa shape index (κ3) is 5.61. The topological polar surface area (TPSA) is 59.6 Å². The van der Waals surface area contributed by atoms with E-state index in [1.54, 1.807) is 36.4 Å². The number of amides is 1. The molecule has 0 aliphatic rings. The van der Waals surface area contributed by atoms with Gasteiger partial charge in [0, 0.05) is 11.3 Å². The summed E-state index contributed by atoms with van der Waals surface area (Å²) < 4.78 is 10.8. The van der Waals surface area contributed by atoms with Crippen LogP contribution in [0.1, 0.15) is 30.6 Å². The van der Waals surface area contributed by atoms with E-state index in [-0.39, 0.29) is 17.1 Å². The first kappa shape index (κ1) is 20.0. The van der Waals surface area contributed by atoms with Gasteiger partial charge in [-0.05, 0) is 62.0 Å². The van der Waals surface area contributed by atoms with E-state index in [9.17, 15) is 4.79 Å². The zero-order valence-corrected chi connectivity index (χ0v) is 16.4. The minimum absolute atomic E-state index is 0.0795. The minimum Gasteiger partial charge on any atom is -0.495 e. The van der Waals surface area contributed by atoms with Gasteiger partial charge in [0.15, 0.2) is 5.11 Å². The molecule has 26 heavy (non-hydrogen) atoms. The lowest BCUT2D eigenvalue weighted by Crippen LogP contribution is -2.34. The standard InChI is InChI=1S/C19H21ClN2O3S/c1-4-12(2)25-15-7-5-6-13(10-15)18(23)22-19(26)21-14-8-9-17(24-3)16(20)11-14/h5-12H,4H2,1-3H3,(H2,21,22,23,26). The number of benzene rings is 2. The second-order valence-corrected chi connectivity index (χ2v) is 6.44. The van der Waals surface area contributed by atoms with E-state index < -0.39 is 0 Å². The number of rotatable bonds is 6. The van der Waals surface area contributed by atoms with Crippen molar-refractivity contribution in [2.75, 3.05) is 12.4 Å². The third-order valence-corrected chi connectivity index (χ3v) is 4.14. The highest BCUT2D eigenvalue weighted by atomic mass is 35.5. The number of anilines is 1. The quantitative estimate of drug-likeness (QED) is 0.700. The largest absolute Gasteiger partial charge is 0.495 e. The summed E-state index contributed by atoms with van der Waals surface area (Å²) in [7, 11) is 1.54. The van der Waals surface area contributed by atoms with Crippen LogP contribution in [0.25, 0.3) is 0 Å². The number of halogens is 1. The van der Waals surface area contributed by atoms with Gasteiger partial charge in [-0.1, -0.05) is 24.6 Å². The van der Waals surface area contributed by atoms with Gasteiger partial charge in [-0.25, -0.2) is 0 Å². The van der Waals surface area contributed by atoms with Crippen LogP contribution in [-0.2, 0) is 0 Å². The van der Waals surface area contributed by atoms with Crippen molar-refractivity contribution < 1.29 is 14.3 Å². The predicted molar refractivity (Wildman–Crippen MR) is 109 cm³/mol. The van der Waals surface area contributed by atoms with Crippen LogP contribution in [0, 0.1) is 0 Å². The molecule has 0 heterocycles. The summed E-state index contributed by atoms with van der Waals surface area (Å²) in [4.78, 5) is 12.4. The molecular formula is C19H21ClN2O3S. The zero-order valence-electron chi connectivity index (χ0n) is 14.8. The normalized spacial score (nSPS) is 11.4. The smallest absolute Gasteiger partial charge is 0.257 e. The maximum absolute atomic E-state index is 12.4. The van der Waals surface area contributed by atoms with Crippen molar-refractivity contribution in [2.45, 2.75) is 26.4 Å². The molecule has 0 fully saturated rings. The van der Waals surface area contributed by atoms with Gasteiger partial charge in [0.2, 0.25) is 0 Å². The number of thiocarbonyl (C=S) groups is 1. The Morgan fingerprint density at radius 2 is 2.04 bits per heavy atom. The molecule has 0 aromatic heterocycles. The summed E-state index contributed by atoms with van der Waals surface area (Å²) in [6, 6.07) is 12.1. The maximum Gasteiger partial charge on any atom is 0.257 e. The van der Waals surface area contributed by atoms with Crippen LogP contribution in [-0.4, -0.2) is 24.2 Å². The van der Waals surface area contributed by atoms with Crippen molar-refractivity contribution in [1.82, 2.24) is 5.32 Å². The van der Waals surface area contributed by atoms with E-state index in [0.29, 0.717) is 27.8 Å². The van der Waals surface area contributed by atoms with Crippen LogP contribution in [0.2, 0.25) is 5.02 Å². The Bertz CT molecular complexity index is 798. The van der Waals surface area contributed by atoms with Crippen LogP contribution in [0.5, 0.6) is 11.5 Å². The fourth-order valence-electron chi connectivity index (χ4n) is 2.11. The average molecular weight is 393 g/mol. The molecule has 1 amide bonds. The first-order valence-corrected chi connectivity index (χ1v) is 8.94. The van der Waals surface area contributed by atoms with Gasteiger partial charge in [-0.2, -0.15) is 0 Å². The Balaban J connectivity index is 1.99. The average Bonchev–Trinajstić information content (AvgIpc) is 2.61. The molecule has 2 aromatic carbocycles. The van der Waals surface area contributed by atoms with Crippen molar-refractivity contribution in [2.24, 2.45) is 0 Å². The van der Waals surface area contributed by atoms with Crippen molar-refractivity contribution in [3.05, 3.63) is 53.1 Å². The summed E-state index contributed by atoms with van der Waals surface area (Å²) in [5.74, 6) is 0.884. The number of carbonyl (C=O) groups excluding carboxylic acids is 1. The Kier molecular flexibility index (Phi) is 7.24. The van der Waals surface area contributed by atoms with Gasteiger partial charge < -0.3 is 14.8 Å². The first-order chi connectivity index (χ1) is 12.4. The number of carbonyl (C=O) groups is 1. The van der Waals surface area contributed by atoms with E-state index >= 15 is 0 Å². The monoisotopic (exact) mass is 392 g/mol.